The molecule has 1 heterocycles. The summed E-state index contributed by atoms with van der Waals surface area (Å²) >= 11 is 5.04. The number of rotatable bonds is 5. The molecule has 1 aliphatic heterocycles. The lowest BCUT2D eigenvalue weighted by Gasteiger charge is -2.29. The van der Waals surface area contributed by atoms with E-state index in [0.29, 0.717) is 5.56 Å². The Morgan fingerprint density at radius 3 is 2.55 bits per heavy atom. The molecule has 2 aromatic rings. The molecule has 0 spiro atoms. The Bertz CT molecular complexity index is 1050. The first-order valence-electron chi connectivity index (χ1n) is 8.44. The molecule has 29 heavy (non-hydrogen) atoms. The molecule has 0 aliphatic carbocycles. The number of carboxylic acid groups (broad SMARTS) is 1. The number of carbonyl (C=O) groups is 3. The lowest BCUT2D eigenvalue weighted by atomic mass is 10.1. The molecule has 1 aliphatic rings. The van der Waals surface area contributed by atoms with E-state index in [1.54, 1.807) is 18.2 Å². The van der Waals surface area contributed by atoms with E-state index in [9.17, 15) is 18.8 Å². The maximum absolute atomic E-state index is 14.2. The van der Waals surface area contributed by atoms with Crippen molar-refractivity contribution in [2.24, 2.45) is 0 Å². The molecule has 2 aromatic carbocycles. The monoisotopic (exact) mass is 414 g/mol. The standard InChI is InChI=1S/C20H15FN2O5S/c1-11(19(26)27)28-16-9-5-2-6-12(16)10-13-17(24)22-20(29)23(18(13)25)15-8-4-3-7-14(15)21/h2-11H,1H3,(H,26,27)(H,22,24,29)/b13-10+/t11-/m1/s1. The first-order valence-corrected chi connectivity index (χ1v) is 8.85. The molecule has 1 fully saturated rings. The van der Waals surface area contributed by atoms with Gasteiger partial charge < -0.3 is 9.84 Å². The van der Waals surface area contributed by atoms with Crippen LogP contribution in [0.2, 0.25) is 0 Å². The van der Waals surface area contributed by atoms with Crippen LogP contribution in [-0.2, 0) is 14.4 Å². The number of carbonyl (C=O) groups excluding carboxylic acids is 2. The molecular formula is C20H15FN2O5S. The number of hydrogen-bond donors (Lipinski definition) is 2. The maximum atomic E-state index is 14.2. The van der Waals surface area contributed by atoms with Crippen molar-refractivity contribution in [2.45, 2.75) is 13.0 Å². The minimum atomic E-state index is -1.17. The summed E-state index contributed by atoms with van der Waals surface area (Å²) in [6, 6.07) is 11.8. The number of anilines is 1. The van der Waals surface area contributed by atoms with Crippen LogP contribution in [0.25, 0.3) is 6.08 Å². The lowest BCUT2D eigenvalue weighted by molar-refractivity contribution is -0.144. The SMILES string of the molecule is C[C@@H](Oc1ccccc1/C=C1\C(=O)NC(=S)N(c2ccccc2F)C1=O)C(=O)O. The summed E-state index contributed by atoms with van der Waals surface area (Å²) in [7, 11) is 0. The summed E-state index contributed by atoms with van der Waals surface area (Å²) in [5, 5.41) is 11.2. The zero-order valence-electron chi connectivity index (χ0n) is 15.1. The first-order chi connectivity index (χ1) is 13.8. The van der Waals surface area contributed by atoms with E-state index in [1.807, 2.05) is 0 Å². The highest BCUT2D eigenvalue weighted by molar-refractivity contribution is 7.80. The van der Waals surface area contributed by atoms with Crippen LogP contribution in [0.1, 0.15) is 12.5 Å². The normalized spacial score (nSPS) is 16.6. The van der Waals surface area contributed by atoms with Crippen LogP contribution in [0.15, 0.2) is 54.1 Å². The van der Waals surface area contributed by atoms with Gasteiger partial charge in [0.1, 0.15) is 17.1 Å². The van der Waals surface area contributed by atoms with Gasteiger partial charge in [-0.25, -0.2) is 14.1 Å². The second-order valence-corrected chi connectivity index (χ2v) is 6.43. The highest BCUT2D eigenvalue weighted by Crippen LogP contribution is 2.27. The molecule has 2 N–H and O–H groups in total. The second kappa shape index (κ2) is 8.19. The molecule has 1 atom stereocenters. The summed E-state index contributed by atoms with van der Waals surface area (Å²) in [5.41, 5.74) is -0.0984. The van der Waals surface area contributed by atoms with Crippen LogP contribution < -0.4 is 15.0 Å². The highest BCUT2D eigenvalue weighted by atomic mass is 32.1. The van der Waals surface area contributed by atoms with Gasteiger partial charge in [0.2, 0.25) is 0 Å². The molecule has 0 bridgehead atoms. The number of nitrogens with zero attached hydrogens (tertiary/aromatic N) is 1. The molecule has 0 aromatic heterocycles. The smallest absolute Gasteiger partial charge is 0.344 e. The van der Waals surface area contributed by atoms with Gasteiger partial charge in [-0.3, -0.25) is 14.9 Å². The number of aliphatic carboxylic acids is 1. The van der Waals surface area contributed by atoms with E-state index in [1.165, 1.54) is 43.3 Å². The second-order valence-electron chi connectivity index (χ2n) is 6.05. The molecular weight excluding hydrogens is 399 g/mol. The predicted molar refractivity (Wildman–Crippen MR) is 107 cm³/mol. The van der Waals surface area contributed by atoms with Crippen molar-refractivity contribution in [3.63, 3.8) is 0 Å². The number of thiocarbonyl (C=S) groups is 1. The zero-order valence-corrected chi connectivity index (χ0v) is 15.9. The summed E-state index contributed by atoms with van der Waals surface area (Å²) in [6.45, 7) is 1.35. The van der Waals surface area contributed by atoms with Gasteiger partial charge in [-0.1, -0.05) is 30.3 Å². The van der Waals surface area contributed by atoms with Crippen LogP contribution in [0, 0.1) is 5.82 Å². The summed E-state index contributed by atoms with van der Waals surface area (Å²) in [4.78, 5) is 37.3. The predicted octanol–water partition coefficient (Wildman–Crippen LogP) is 2.51. The number of nitrogens with one attached hydrogen (secondary N) is 1. The van der Waals surface area contributed by atoms with E-state index in [2.05, 4.69) is 5.32 Å². The van der Waals surface area contributed by atoms with Crippen LogP contribution in [0.5, 0.6) is 5.75 Å². The van der Waals surface area contributed by atoms with E-state index in [0.717, 1.165) is 4.90 Å². The van der Waals surface area contributed by atoms with E-state index < -0.39 is 29.7 Å². The van der Waals surface area contributed by atoms with Crippen molar-refractivity contribution in [3.05, 3.63) is 65.5 Å². The average molecular weight is 414 g/mol. The zero-order chi connectivity index (χ0) is 21.1. The van der Waals surface area contributed by atoms with Gasteiger partial charge in [0.05, 0.1) is 5.69 Å². The number of para-hydroxylation sites is 2. The van der Waals surface area contributed by atoms with Gasteiger partial charge in [-0.15, -0.1) is 0 Å². The van der Waals surface area contributed by atoms with Crippen molar-refractivity contribution >= 4 is 46.9 Å². The fourth-order valence-electron chi connectivity index (χ4n) is 2.61. The quantitative estimate of drug-likeness (QED) is 0.443. The highest BCUT2D eigenvalue weighted by Gasteiger charge is 2.35. The molecule has 1 saturated heterocycles. The maximum Gasteiger partial charge on any atom is 0.344 e. The van der Waals surface area contributed by atoms with Gasteiger partial charge >= 0.3 is 5.97 Å². The third kappa shape index (κ3) is 4.14. The lowest BCUT2D eigenvalue weighted by Crippen LogP contribution is -2.54. The number of halogens is 1. The summed E-state index contributed by atoms with van der Waals surface area (Å²) in [6.07, 6.45) is 0.102. The molecule has 9 heteroatoms. The minimum Gasteiger partial charge on any atom is -0.479 e. The first kappa shape index (κ1) is 20.2. The Labute approximate surface area is 170 Å². The Morgan fingerprint density at radius 2 is 1.86 bits per heavy atom. The summed E-state index contributed by atoms with van der Waals surface area (Å²) in [5.74, 6) is -3.26. The van der Waals surface area contributed by atoms with Crippen molar-refractivity contribution in [1.82, 2.24) is 5.32 Å². The Hall–Kier alpha value is -3.59. The van der Waals surface area contributed by atoms with Crippen molar-refractivity contribution in [1.29, 1.82) is 0 Å². The number of benzene rings is 2. The molecule has 3 rings (SSSR count). The van der Waals surface area contributed by atoms with Gasteiger partial charge in [-0.05, 0) is 43.4 Å². The number of amides is 2. The van der Waals surface area contributed by atoms with Crippen molar-refractivity contribution in [3.8, 4) is 5.75 Å². The molecule has 7 nitrogen and oxygen atoms in total. The van der Waals surface area contributed by atoms with Gasteiger partial charge in [0, 0.05) is 5.56 Å². The molecule has 148 valence electrons. The Morgan fingerprint density at radius 1 is 1.21 bits per heavy atom. The summed E-state index contributed by atoms with van der Waals surface area (Å²) < 4.78 is 19.6. The van der Waals surface area contributed by atoms with Crippen molar-refractivity contribution in [2.75, 3.05) is 4.90 Å². The fourth-order valence-corrected chi connectivity index (χ4v) is 2.89. The van der Waals surface area contributed by atoms with E-state index in [4.69, 9.17) is 22.1 Å². The van der Waals surface area contributed by atoms with E-state index >= 15 is 0 Å². The number of hydrogen-bond acceptors (Lipinski definition) is 5. The minimum absolute atomic E-state index is 0.0996. The average Bonchev–Trinajstić information content (AvgIpc) is 2.67. The third-order valence-corrected chi connectivity index (χ3v) is 4.35. The Kier molecular flexibility index (Phi) is 5.69. The van der Waals surface area contributed by atoms with Crippen molar-refractivity contribution < 1.29 is 28.6 Å². The van der Waals surface area contributed by atoms with Crippen LogP contribution in [0.4, 0.5) is 10.1 Å². The topological polar surface area (TPSA) is 95.9 Å². The van der Waals surface area contributed by atoms with Crippen LogP contribution in [-0.4, -0.2) is 34.1 Å². The fraction of sp³-hybridized carbons (Fsp3) is 0.100. The van der Waals surface area contributed by atoms with Crippen LogP contribution >= 0.6 is 12.2 Å². The van der Waals surface area contributed by atoms with Gasteiger partial charge in [0.15, 0.2) is 11.2 Å². The third-order valence-electron chi connectivity index (χ3n) is 4.07. The van der Waals surface area contributed by atoms with Gasteiger partial charge in [0.25, 0.3) is 11.8 Å². The molecule has 0 unspecified atom stereocenters. The largest absolute Gasteiger partial charge is 0.479 e. The molecule has 0 saturated carbocycles. The van der Waals surface area contributed by atoms with Crippen LogP contribution in [0.3, 0.4) is 0 Å². The number of carboxylic acids is 1. The Balaban J connectivity index is 2.02. The molecule has 0 radical (unpaired) electrons. The van der Waals surface area contributed by atoms with E-state index in [-0.39, 0.29) is 22.1 Å². The van der Waals surface area contributed by atoms with Gasteiger partial charge in [-0.2, -0.15) is 0 Å². The number of ether oxygens (including phenoxy) is 1. The molecule has 2 amide bonds.